The Kier molecular flexibility index (Phi) is 6.48. The van der Waals surface area contributed by atoms with Gasteiger partial charge in [0.1, 0.15) is 0 Å². The summed E-state index contributed by atoms with van der Waals surface area (Å²) in [6, 6.07) is 7.42. The van der Waals surface area contributed by atoms with Gasteiger partial charge in [0.15, 0.2) is 6.61 Å². The van der Waals surface area contributed by atoms with Crippen molar-refractivity contribution in [2.75, 3.05) is 44.3 Å². The van der Waals surface area contributed by atoms with Gasteiger partial charge in [-0.1, -0.05) is 12.1 Å². The second-order valence-electron chi connectivity index (χ2n) is 6.16. The molecule has 0 saturated carbocycles. The molecular weight excluding hydrogens is 372 g/mol. The molecule has 8 heteroatoms. The van der Waals surface area contributed by atoms with Crippen molar-refractivity contribution in [2.24, 2.45) is 0 Å². The highest BCUT2D eigenvalue weighted by Crippen LogP contribution is 2.45. The molecule has 3 rings (SSSR count). The van der Waals surface area contributed by atoms with E-state index in [1.165, 1.54) is 12.5 Å². The Morgan fingerprint density at radius 3 is 2.15 bits per heavy atom. The number of esters is 1. The Hall–Kier alpha value is -1.67. The van der Waals surface area contributed by atoms with Gasteiger partial charge >= 0.3 is 5.97 Å². The normalized spacial score (nSPS) is 18.0. The number of hydrogen-bond acceptors (Lipinski definition) is 6. The predicted molar refractivity (Wildman–Crippen MR) is 103 cm³/mol. The summed E-state index contributed by atoms with van der Waals surface area (Å²) in [5.74, 6) is 1.61. The highest BCUT2D eigenvalue weighted by Gasteiger charge is 2.23. The molecule has 1 aromatic carbocycles. The van der Waals surface area contributed by atoms with Gasteiger partial charge in [-0.2, -0.15) is 0 Å². The number of carbonyl (C=O) groups excluding carboxylic acids is 3. The summed E-state index contributed by atoms with van der Waals surface area (Å²) in [5.41, 5.74) is 1.66. The van der Waals surface area contributed by atoms with Gasteiger partial charge in [-0.05, 0) is 17.7 Å². The first-order valence-electron chi connectivity index (χ1n) is 8.58. The van der Waals surface area contributed by atoms with Crippen LogP contribution in [-0.2, 0) is 14.3 Å². The zero-order valence-electron chi connectivity index (χ0n) is 14.7. The van der Waals surface area contributed by atoms with E-state index in [4.69, 9.17) is 4.74 Å². The molecule has 2 fully saturated rings. The van der Waals surface area contributed by atoms with Crippen LogP contribution in [0.5, 0.6) is 0 Å². The molecule has 0 aliphatic carbocycles. The van der Waals surface area contributed by atoms with Crippen molar-refractivity contribution in [3.05, 3.63) is 35.4 Å². The summed E-state index contributed by atoms with van der Waals surface area (Å²) >= 11 is 3.83. The monoisotopic (exact) mass is 394 g/mol. The average molecular weight is 395 g/mol. The van der Waals surface area contributed by atoms with Crippen LogP contribution in [0.1, 0.15) is 27.4 Å². The van der Waals surface area contributed by atoms with Crippen LogP contribution >= 0.6 is 23.5 Å². The molecule has 2 amide bonds. The first kappa shape index (κ1) is 19.1. The molecule has 0 N–H and O–H groups in total. The molecule has 140 valence electrons. The van der Waals surface area contributed by atoms with Crippen molar-refractivity contribution in [1.82, 2.24) is 9.80 Å². The maximum absolute atomic E-state index is 12.2. The van der Waals surface area contributed by atoms with Crippen LogP contribution in [0.4, 0.5) is 0 Å². The molecule has 2 aliphatic rings. The van der Waals surface area contributed by atoms with Gasteiger partial charge in [-0.15, -0.1) is 23.5 Å². The minimum absolute atomic E-state index is 0.0152. The molecule has 0 radical (unpaired) electrons. The fraction of sp³-hybridized carbons (Fsp3) is 0.500. The summed E-state index contributed by atoms with van der Waals surface area (Å²) < 4.78 is 5.60. The molecule has 1 aromatic rings. The summed E-state index contributed by atoms with van der Waals surface area (Å²) in [7, 11) is 0. The molecular formula is C18H22N2O4S2. The molecule has 0 spiro atoms. The second kappa shape index (κ2) is 8.81. The number of rotatable bonds is 4. The zero-order chi connectivity index (χ0) is 18.5. The molecule has 2 heterocycles. The molecule has 2 saturated heterocycles. The van der Waals surface area contributed by atoms with Crippen LogP contribution in [0.25, 0.3) is 0 Å². The van der Waals surface area contributed by atoms with E-state index >= 15 is 0 Å². The summed E-state index contributed by atoms with van der Waals surface area (Å²) in [6.45, 7) is 3.24. The third kappa shape index (κ3) is 4.73. The second-order valence-corrected chi connectivity index (χ2v) is 8.88. The number of carbonyl (C=O) groups is 3. The van der Waals surface area contributed by atoms with Gasteiger partial charge in [0.2, 0.25) is 5.91 Å². The number of thioether (sulfide) groups is 2. The maximum atomic E-state index is 12.2. The Labute approximate surface area is 161 Å². The van der Waals surface area contributed by atoms with Gasteiger partial charge in [0.25, 0.3) is 5.91 Å². The van der Waals surface area contributed by atoms with E-state index < -0.39 is 5.97 Å². The molecule has 26 heavy (non-hydrogen) atoms. The van der Waals surface area contributed by atoms with Gasteiger partial charge in [0.05, 0.1) is 10.1 Å². The lowest BCUT2D eigenvalue weighted by Crippen LogP contribution is -2.51. The number of nitrogens with zero attached hydrogens (tertiary/aromatic N) is 2. The molecule has 0 atom stereocenters. The molecule has 2 aliphatic heterocycles. The Bertz CT molecular complexity index is 666. The third-order valence-electron chi connectivity index (χ3n) is 4.44. The van der Waals surface area contributed by atoms with Crippen molar-refractivity contribution in [2.45, 2.75) is 11.5 Å². The number of ether oxygens (including phenoxy) is 1. The smallest absolute Gasteiger partial charge is 0.338 e. The van der Waals surface area contributed by atoms with E-state index in [0.717, 1.165) is 11.5 Å². The molecule has 0 bridgehead atoms. The lowest BCUT2D eigenvalue weighted by molar-refractivity contribution is -0.140. The molecule has 0 unspecified atom stereocenters. The van der Waals surface area contributed by atoms with Crippen molar-refractivity contribution in [1.29, 1.82) is 0 Å². The van der Waals surface area contributed by atoms with E-state index in [-0.39, 0.29) is 18.4 Å². The molecule has 0 aromatic heterocycles. The minimum Gasteiger partial charge on any atom is -0.452 e. The summed E-state index contributed by atoms with van der Waals surface area (Å²) in [6.07, 6.45) is 0. The third-order valence-corrected chi connectivity index (χ3v) is 7.55. The Morgan fingerprint density at radius 1 is 1.00 bits per heavy atom. The highest BCUT2D eigenvalue weighted by molar-refractivity contribution is 8.19. The van der Waals surface area contributed by atoms with Gasteiger partial charge < -0.3 is 14.5 Å². The lowest BCUT2D eigenvalue weighted by Gasteiger charge is -2.34. The number of hydrogen-bond donors (Lipinski definition) is 0. The summed E-state index contributed by atoms with van der Waals surface area (Å²) in [4.78, 5) is 39.0. The fourth-order valence-corrected chi connectivity index (χ4v) is 5.76. The first-order valence-corrected chi connectivity index (χ1v) is 10.7. The fourth-order valence-electron chi connectivity index (χ4n) is 2.90. The van der Waals surface area contributed by atoms with Crippen molar-refractivity contribution < 1.29 is 19.1 Å². The van der Waals surface area contributed by atoms with Crippen LogP contribution in [0, 0.1) is 0 Å². The van der Waals surface area contributed by atoms with E-state index in [1.807, 2.05) is 35.7 Å². The largest absolute Gasteiger partial charge is 0.452 e. The number of piperazine rings is 1. The standard InChI is InChI=1S/C18H22N2O4S2/c1-13(21)19-6-8-20(9-7-19)16(22)12-24-17(23)14-2-4-15(5-3-14)18-25-10-11-26-18/h2-5,18H,6-12H2,1H3. The van der Waals surface area contributed by atoms with E-state index in [0.29, 0.717) is 36.3 Å². The topological polar surface area (TPSA) is 66.9 Å². The van der Waals surface area contributed by atoms with Gasteiger partial charge in [0, 0.05) is 44.6 Å². The zero-order valence-corrected chi connectivity index (χ0v) is 16.3. The van der Waals surface area contributed by atoms with Crippen molar-refractivity contribution in [3.63, 3.8) is 0 Å². The minimum atomic E-state index is -0.487. The maximum Gasteiger partial charge on any atom is 0.338 e. The Morgan fingerprint density at radius 2 is 1.58 bits per heavy atom. The first-order chi connectivity index (χ1) is 12.5. The van der Waals surface area contributed by atoms with Crippen molar-refractivity contribution >= 4 is 41.3 Å². The van der Waals surface area contributed by atoms with Crippen LogP contribution in [0.15, 0.2) is 24.3 Å². The predicted octanol–water partition coefficient (Wildman–Crippen LogP) is 2.01. The van der Waals surface area contributed by atoms with E-state index in [2.05, 4.69) is 0 Å². The number of amides is 2. The SMILES string of the molecule is CC(=O)N1CCN(C(=O)COC(=O)c2ccc(C3SCCS3)cc2)CC1. The quantitative estimate of drug-likeness (QED) is 0.728. The highest BCUT2D eigenvalue weighted by atomic mass is 32.2. The van der Waals surface area contributed by atoms with E-state index in [9.17, 15) is 14.4 Å². The van der Waals surface area contributed by atoms with Gasteiger partial charge in [-0.3, -0.25) is 9.59 Å². The van der Waals surface area contributed by atoms with Crippen LogP contribution in [0.2, 0.25) is 0 Å². The van der Waals surface area contributed by atoms with Crippen LogP contribution < -0.4 is 0 Å². The van der Waals surface area contributed by atoms with Crippen LogP contribution in [0.3, 0.4) is 0 Å². The summed E-state index contributed by atoms with van der Waals surface area (Å²) in [5, 5.41) is 0. The average Bonchev–Trinajstić information content (AvgIpc) is 3.21. The lowest BCUT2D eigenvalue weighted by atomic mass is 10.1. The van der Waals surface area contributed by atoms with Crippen molar-refractivity contribution in [3.8, 4) is 0 Å². The van der Waals surface area contributed by atoms with Gasteiger partial charge in [-0.25, -0.2) is 4.79 Å². The Balaban J connectivity index is 1.46. The van der Waals surface area contributed by atoms with Crippen LogP contribution in [-0.4, -0.2) is 71.9 Å². The number of benzene rings is 1. The molecule has 6 nitrogen and oxygen atoms in total. The van der Waals surface area contributed by atoms with E-state index in [1.54, 1.807) is 21.9 Å².